The van der Waals surface area contributed by atoms with Crippen LogP contribution in [0.2, 0.25) is 0 Å². The van der Waals surface area contributed by atoms with Crippen LogP contribution < -0.4 is 27.3 Å². The van der Waals surface area contributed by atoms with Crippen molar-refractivity contribution in [3.05, 3.63) is 36.4 Å². The number of rotatable bonds is 8. The number of hydrogen-bond donors (Lipinski definition) is 4. The Morgan fingerprint density at radius 3 is 2.48 bits per heavy atom. The Bertz CT molecular complexity index is 899. The van der Waals surface area contributed by atoms with E-state index in [1.165, 1.54) is 0 Å². The molecule has 10 heteroatoms. The normalized spacial score (nSPS) is 12.2. The molecule has 29 heavy (non-hydrogen) atoms. The van der Waals surface area contributed by atoms with Crippen LogP contribution in [0.15, 0.2) is 46.6 Å². The Balaban J connectivity index is 2.16. The van der Waals surface area contributed by atoms with E-state index < -0.39 is 12.0 Å². The van der Waals surface area contributed by atoms with Gasteiger partial charge < -0.3 is 27.3 Å². The fraction of sp³-hybridized carbons (Fsp3) is 0.316. The third-order valence-corrected chi connectivity index (χ3v) is 3.87. The van der Waals surface area contributed by atoms with Gasteiger partial charge in [-0.3, -0.25) is 4.79 Å². The lowest BCUT2D eigenvalue weighted by molar-refractivity contribution is -0.136. The predicted molar refractivity (Wildman–Crippen MR) is 110 cm³/mol. The maximum Gasteiger partial charge on any atom is 0.328 e. The number of pyridine rings is 1. The van der Waals surface area contributed by atoms with Gasteiger partial charge in [0, 0.05) is 13.0 Å². The predicted octanol–water partition coefficient (Wildman–Crippen LogP) is 2.26. The first-order valence-corrected chi connectivity index (χ1v) is 9.06. The minimum Gasteiger partial charge on any atom is -0.423 e. The molecular weight excluding hydrogens is 374 g/mol. The number of nitrogens with two attached hydrogens (primary N) is 3. The number of ether oxygens (including phenoxy) is 1. The molecular formula is C19H25N7O3. The smallest absolute Gasteiger partial charge is 0.328 e. The SMILES string of the molecule is CC(C)C(N)C(=O)Oc1ccccc1N=Nc1ccc(NC(=O)CCN)nc1N. The Morgan fingerprint density at radius 1 is 1.14 bits per heavy atom. The number of hydrogen-bond acceptors (Lipinski definition) is 9. The first kappa shape index (κ1) is 21.9. The third-order valence-electron chi connectivity index (χ3n) is 3.87. The van der Waals surface area contributed by atoms with E-state index in [0.29, 0.717) is 11.4 Å². The molecule has 2 rings (SSSR count). The number of aromatic nitrogens is 1. The highest BCUT2D eigenvalue weighted by atomic mass is 16.5. The number of nitrogens with one attached hydrogen (secondary N) is 1. The lowest BCUT2D eigenvalue weighted by Crippen LogP contribution is -2.38. The second-order valence-corrected chi connectivity index (χ2v) is 6.55. The van der Waals surface area contributed by atoms with Crippen molar-refractivity contribution in [1.82, 2.24) is 4.98 Å². The van der Waals surface area contributed by atoms with Crippen molar-refractivity contribution in [2.45, 2.75) is 26.3 Å². The van der Waals surface area contributed by atoms with Gasteiger partial charge in [0.05, 0.1) is 0 Å². The van der Waals surface area contributed by atoms with Crippen LogP contribution in [-0.4, -0.2) is 29.4 Å². The molecule has 1 aromatic carbocycles. The fourth-order valence-corrected chi connectivity index (χ4v) is 2.14. The van der Waals surface area contributed by atoms with Crippen molar-refractivity contribution < 1.29 is 14.3 Å². The molecule has 7 N–H and O–H groups in total. The molecule has 0 bridgehead atoms. The first-order chi connectivity index (χ1) is 13.8. The molecule has 1 atom stereocenters. The topological polar surface area (TPSA) is 171 Å². The van der Waals surface area contributed by atoms with Gasteiger partial charge >= 0.3 is 5.97 Å². The zero-order valence-corrected chi connectivity index (χ0v) is 16.3. The van der Waals surface area contributed by atoms with Gasteiger partial charge in [-0.25, -0.2) is 9.78 Å². The number of nitrogen functional groups attached to an aromatic ring is 1. The zero-order chi connectivity index (χ0) is 21.4. The van der Waals surface area contributed by atoms with Crippen molar-refractivity contribution in [3.8, 4) is 5.75 Å². The van der Waals surface area contributed by atoms with Crippen molar-refractivity contribution in [2.24, 2.45) is 27.6 Å². The Morgan fingerprint density at radius 2 is 1.83 bits per heavy atom. The number of carbonyl (C=O) groups is 2. The molecule has 0 fully saturated rings. The Hall–Kier alpha value is -3.37. The second-order valence-electron chi connectivity index (χ2n) is 6.55. The quantitative estimate of drug-likeness (QED) is 0.299. The van der Waals surface area contributed by atoms with Crippen LogP contribution in [0.1, 0.15) is 20.3 Å². The number of amides is 1. The van der Waals surface area contributed by atoms with Gasteiger partial charge in [-0.05, 0) is 30.2 Å². The van der Waals surface area contributed by atoms with Crippen molar-refractivity contribution >= 4 is 34.9 Å². The lowest BCUT2D eigenvalue weighted by atomic mass is 10.1. The largest absolute Gasteiger partial charge is 0.423 e. The molecule has 154 valence electrons. The van der Waals surface area contributed by atoms with E-state index in [2.05, 4.69) is 20.5 Å². The van der Waals surface area contributed by atoms with Crippen LogP contribution in [-0.2, 0) is 9.59 Å². The molecule has 1 heterocycles. The third kappa shape index (κ3) is 6.33. The molecule has 0 spiro atoms. The van der Waals surface area contributed by atoms with E-state index in [-0.39, 0.29) is 42.2 Å². The number of carbonyl (C=O) groups excluding carboxylic acids is 2. The molecule has 10 nitrogen and oxygen atoms in total. The van der Waals surface area contributed by atoms with Crippen molar-refractivity contribution in [2.75, 3.05) is 17.6 Å². The highest BCUT2D eigenvalue weighted by Gasteiger charge is 2.20. The standard InChI is InChI=1S/C19H25N7O3/c1-11(2)17(21)19(28)29-14-6-4-3-5-12(14)25-26-13-7-8-15(24-18(13)22)23-16(27)9-10-20/h3-8,11,17H,9-10,20-21H2,1-2H3,(H3,22,23,24,27). The fourth-order valence-electron chi connectivity index (χ4n) is 2.14. The Kier molecular flexibility index (Phi) is 7.75. The second kappa shape index (κ2) is 10.2. The van der Waals surface area contributed by atoms with Crippen LogP contribution in [0.25, 0.3) is 0 Å². The number of anilines is 2. The molecule has 0 saturated heterocycles. The average molecular weight is 399 g/mol. The summed E-state index contributed by atoms with van der Waals surface area (Å²) >= 11 is 0. The van der Waals surface area contributed by atoms with Gasteiger partial charge in [-0.2, -0.15) is 0 Å². The first-order valence-electron chi connectivity index (χ1n) is 9.06. The molecule has 1 unspecified atom stereocenters. The number of para-hydroxylation sites is 1. The summed E-state index contributed by atoms with van der Waals surface area (Å²) in [6, 6.07) is 9.03. The summed E-state index contributed by atoms with van der Waals surface area (Å²) < 4.78 is 5.35. The summed E-state index contributed by atoms with van der Waals surface area (Å²) in [5, 5.41) is 10.7. The number of benzene rings is 1. The van der Waals surface area contributed by atoms with E-state index >= 15 is 0 Å². The summed E-state index contributed by atoms with van der Waals surface area (Å²) in [6.07, 6.45) is 0.180. The lowest BCUT2D eigenvalue weighted by Gasteiger charge is -2.14. The van der Waals surface area contributed by atoms with E-state index in [4.69, 9.17) is 21.9 Å². The Labute approximate surface area is 168 Å². The minimum absolute atomic E-state index is 0.0639. The molecule has 1 aromatic heterocycles. The van der Waals surface area contributed by atoms with E-state index in [1.807, 2.05) is 13.8 Å². The maximum atomic E-state index is 12.1. The number of esters is 1. The van der Waals surface area contributed by atoms with Crippen molar-refractivity contribution in [3.63, 3.8) is 0 Å². The summed E-state index contributed by atoms with van der Waals surface area (Å²) in [5.41, 5.74) is 17.7. The molecule has 0 radical (unpaired) electrons. The molecule has 2 aromatic rings. The highest BCUT2D eigenvalue weighted by Crippen LogP contribution is 2.31. The van der Waals surface area contributed by atoms with Gasteiger partial charge in [0.25, 0.3) is 0 Å². The van der Waals surface area contributed by atoms with E-state index in [1.54, 1.807) is 36.4 Å². The van der Waals surface area contributed by atoms with Crippen LogP contribution in [0, 0.1) is 5.92 Å². The molecule has 0 aliphatic heterocycles. The minimum atomic E-state index is -0.748. The van der Waals surface area contributed by atoms with Crippen LogP contribution in [0.5, 0.6) is 5.75 Å². The molecule has 0 saturated carbocycles. The highest BCUT2D eigenvalue weighted by molar-refractivity contribution is 5.90. The van der Waals surface area contributed by atoms with Gasteiger partial charge in [0.1, 0.15) is 23.2 Å². The van der Waals surface area contributed by atoms with E-state index in [9.17, 15) is 9.59 Å². The number of nitrogens with zero attached hydrogens (tertiary/aromatic N) is 3. The number of azo groups is 1. The monoisotopic (exact) mass is 399 g/mol. The summed E-state index contributed by atoms with van der Waals surface area (Å²) in [6.45, 7) is 3.89. The van der Waals surface area contributed by atoms with Gasteiger partial charge in [-0.15, -0.1) is 10.2 Å². The van der Waals surface area contributed by atoms with Gasteiger partial charge in [0.15, 0.2) is 11.6 Å². The molecule has 0 aliphatic carbocycles. The average Bonchev–Trinajstić information content (AvgIpc) is 2.67. The van der Waals surface area contributed by atoms with E-state index in [0.717, 1.165) is 0 Å². The molecule has 0 aliphatic rings. The maximum absolute atomic E-state index is 12.1. The summed E-state index contributed by atoms with van der Waals surface area (Å²) in [4.78, 5) is 27.8. The zero-order valence-electron chi connectivity index (χ0n) is 16.3. The van der Waals surface area contributed by atoms with Gasteiger partial charge in [-0.1, -0.05) is 26.0 Å². The molecule has 1 amide bonds. The van der Waals surface area contributed by atoms with Crippen LogP contribution in [0.3, 0.4) is 0 Å². The van der Waals surface area contributed by atoms with Gasteiger partial charge in [0.2, 0.25) is 5.91 Å². The van der Waals surface area contributed by atoms with Crippen LogP contribution in [0.4, 0.5) is 23.0 Å². The summed E-state index contributed by atoms with van der Waals surface area (Å²) in [7, 11) is 0. The van der Waals surface area contributed by atoms with Crippen LogP contribution >= 0.6 is 0 Å². The summed E-state index contributed by atoms with van der Waals surface area (Å²) in [5.74, 6) is -0.279. The van der Waals surface area contributed by atoms with Crippen molar-refractivity contribution in [1.29, 1.82) is 0 Å².